The van der Waals surface area contributed by atoms with E-state index in [4.69, 9.17) is 9.26 Å². The van der Waals surface area contributed by atoms with E-state index >= 15 is 0 Å². The normalized spacial score (nSPS) is 22.8. The molecule has 2 aliphatic rings. The largest absolute Gasteiger partial charge is 0.379 e. The molecule has 2 aromatic rings. The van der Waals surface area contributed by atoms with E-state index in [-0.39, 0.29) is 0 Å². The average molecular weight is 361 g/mol. The molecular formula is C17H27N7O2. The molecule has 2 aromatic heterocycles. The Hall–Kier alpha value is -1.84. The van der Waals surface area contributed by atoms with Gasteiger partial charge in [0.05, 0.1) is 26.3 Å². The Kier molecular flexibility index (Phi) is 5.28. The van der Waals surface area contributed by atoms with Crippen LogP contribution in [-0.4, -0.2) is 74.1 Å². The predicted molar refractivity (Wildman–Crippen MR) is 93.4 cm³/mol. The molecule has 9 heteroatoms. The molecule has 0 spiro atoms. The van der Waals surface area contributed by atoms with Gasteiger partial charge in [0.2, 0.25) is 5.89 Å². The first-order valence-electron chi connectivity index (χ1n) is 9.39. The number of aryl methyl sites for hydroxylation is 1. The fraction of sp³-hybridized carbons (Fsp3) is 0.765. The second-order valence-electron chi connectivity index (χ2n) is 7.23. The van der Waals surface area contributed by atoms with Crippen LogP contribution in [0, 0.1) is 6.92 Å². The zero-order chi connectivity index (χ0) is 17.9. The van der Waals surface area contributed by atoms with E-state index in [9.17, 15) is 0 Å². The van der Waals surface area contributed by atoms with Gasteiger partial charge in [-0.3, -0.25) is 9.80 Å². The van der Waals surface area contributed by atoms with Gasteiger partial charge in [-0.1, -0.05) is 5.16 Å². The standard InChI is InChI=1S/C17H27N7O2/c1-13-18-16(26-21-13)12-24-5-3-4-14(10-24)17-20-19-15(22(17)2)11-23-6-8-25-9-7-23/h14H,3-12H2,1-2H3/t14-/m0/s1. The highest BCUT2D eigenvalue weighted by Gasteiger charge is 2.27. The zero-order valence-corrected chi connectivity index (χ0v) is 15.6. The van der Waals surface area contributed by atoms with E-state index in [0.29, 0.717) is 24.2 Å². The molecule has 0 N–H and O–H groups in total. The second kappa shape index (κ2) is 7.81. The number of aromatic nitrogens is 5. The van der Waals surface area contributed by atoms with Gasteiger partial charge in [0.15, 0.2) is 5.82 Å². The molecule has 2 fully saturated rings. The smallest absolute Gasteiger partial charge is 0.240 e. The molecule has 2 aliphatic heterocycles. The van der Waals surface area contributed by atoms with Crippen molar-refractivity contribution in [2.75, 3.05) is 39.4 Å². The minimum atomic E-state index is 0.392. The van der Waals surface area contributed by atoms with Crippen molar-refractivity contribution in [2.45, 2.75) is 38.8 Å². The van der Waals surface area contributed by atoms with Gasteiger partial charge in [-0.15, -0.1) is 10.2 Å². The summed E-state index contributed by atoms with van der Waals surface area (Å²) in [6.07, 6.45) is 2.28. The van der Waals surface area contributed by atoms with Gasteiger partial charge >= 0.3 is 0 Å². The first-order chi connectivity index (χ1) is 12.7. The minimum Gasteiger partial charge on any atom is -0.379 e. The van der Waals surface area contributed by atoms with Crippen LogP contribution in [0.5, 0.6) is 0 Å². The van der Waals surface area contributed by atoms with Gasteiger partial charge in [-0.05, 0) is 26.3 Å². The quantitative estimate of drug-likeness (QED) is 0.770. The Morgan fingerprint density at radius 2 is 1.92 bits per heavy atom. The Balaban J connectivity index is 1.40. The molecule has 142 valence electrons. The summed E-state index contributed by atoms with van der Waals surface area (Å²) >= 11 is 0. The summed E-state index contributed by atoms with van der Waals surface area (Å²) in [5.41, 5.74) is 0. The van der Waals surface area contributed by atoms with Crippen LogP contribution in [-0.2, 0) is 24.9 Å². The van der Waals surface area contributed by atoms with Gasteiger partial charge in [0.25, 0.3) is 0 Å². The Labute approximate surface area is 153 Å². The second-order valence-corrected chi connectivity index (χ2v) is 7.23. The van der Waals surface area contributed by atoms with E-state index in [1.165, 1.54) is 0 Å². The van der Waals surface area contributed by atoms with Crippen molar-refractivity contribution < 1.29 is 9.26 Å². The molecule has 0 aromatic carbocycles. The summed E-state index contributed by atoms with van der Waals surface area (Å²) in [6.45, 7) is 8.92. The number of piperidine rings is 1. The van der Waals surface area contributed by atoms with E-state index in [0.717, 1.165) is 70.4 Å². The Bertz CT molecular complexity index is 723. The van der Waals surface area contributed by atoms with E-state index in [1.54, 1.807) is 0 Å². The number of hydrogen-bond acceptors (Lipinski definition) is 8. The predicted octanol–water partition coefficient (Wildman–Crippen LogP) is 0.718. The zero-order valence-electron chi connectivity index (χ0n) is 15.6. The van der Waals surface area contributed by atoms with Gasteiger partial charge in [-0.2, -0.15) is 4.98 Å². The maximum Gasteiger partial charge on any atom is 0.240 e. The van der Waals surface area contributed by atoms with Crippen molar-refractivity contribution in [3.05, 3.63) is 23.4 Å². The topological polar surface area (TPSA) is 85.3 Å². The molecule has 0 aliphatic carbocycles. The van der Waals surface area contributed by atoms with Gasteiger partial charge in [0, 0.05) is 32.6 Å². The summed E-state index contributed by atoms with van der Waals surface area (Å²) in [6, 6.07) is 0. The van der Waals surface area contributed by atoms with Gasteiger partial charge in [0.1, 0.15) is 11.6 Å². The number of ether oxygens (including phenoxy) is 1. The number of morpholine rings is 1. The van der Waals surface area contributed by atoms with E-state index < -0.39 is 0 Å². The molecule has 4 rings (SSSR count). The number of likely N-dealkylation sites (tertiary alicyclic amines) is 1. The van der Waals surface area contributed by atoms with Crippen molar-refractivity contribution in [1.29, 1.82) is 0 Å². The number of hydrogen-bond donors (Lipinski definition) is 0. The molecular weight excluding hydrogens is 334 g/mol. The fourth-order valence-electron chi connectivity index (χ4n) is 3.83. The third kappa shape index (κ3) is 3.94. The molecule has 2 saturated heterocycles. The van der Waals surface area contributed by atoms with Crippen molar-refractivity contribution in [1.82, 2.24) is 34.7 Å². The molecule has 0 saturated carbocycles. The Morgan fingerprint density at radius 3 is 2.69 bits per heavy atom. The number of rotatable bonds is 5. The maximum atomic E-state index is 5.42. The summed E-state index contributed by atoms with van der Waals surface area (Å²) in [4.78, 5) is 9.07. The van der Waals surface area contributed by atoms with Crippen LogP contribution in [0.3, 0.4) is 0 Å². The highest BCUT2D eigenvalue weighted by atomic mass is 16.5. The summed E-state index contributed by atoms with van der Waals surface area (Å²) in [5, 5.41) is 12.9. The van der Waals surface area contributed by atoms with Crippen molar-refractivity contribution >= 4 is 0 Å². The summed E-state index contributed by atoms with van der Waals surface area (Å²) in [7, 11) is 2.09. The lowest BCUT2D eigenvalue weighted by atomic mass is 9.97. The van der Waals surface area contributed by atoms with Crippen LogP contribution < -0.4 is 0 Å². The van der Waals surface area contributed by atoms with E-state index in [1.807, 2.05) is 6.92 Å². The third-order valence-corrected chi connectivity index (χ3v) is 5.27. The molecule has 26 heavy (non-hydrogen) atoms. The van der Waals surface area contributed by atoms with E-state index in [2.05, 4.69) is 41.8 Å². The number of nitrogens with zero attached hydrogens (tertiary/aromatic N) is 7. The maximum absolute atomic E-state index is 5.42. The lowest BCUT2D eigenvalue weighted by Crippen LogP contribution is -2.36. The minimum absolute atomic E-state index is 0.392. The average Bonchev–Trinajstić information content (AvgIpc) is 3.22. The molecule has 1 atom stereocenters. The highest BCUT2D eigenvalue weighted by molar-refractivity contribution is 5.04. The first kappa shape index (κ1) is 17.6. The Morgan fingerprint density at radius 1 is 1.08 bits per heavy atom. The summed E-state index contributed by atoms with van der Waals surface area (Å²) in [5.74, 6) is 3.89. The molecule has 9 nitrogen and oxygen atoms in total. The van der Waals surface area contributed by atoms with Crippen LogP contribution in [0.4, 0.5) is 0 Å². The first-order valence-corrected chi connectivity index (χ1v) is 9.39. The molecule has 0 bridgehead atoms. The lowest BCUT2D eigenvalue weighted by molar-refractivity contribution is 0.0326. The van der Waals surface area contributed by atoms with Crippen LogP contribution in [0.1, 0.15) is 42.1 Å². The highest BCUT2D eigenvalue weighted by Crippen LogP contribution is 2.26. The van der Waals surface area contributed by atoms with Crippen LogP contribution in [0.15, 0.2) is 4.52 Å². The summed E-state index contributed by atoms with van der Waals surface area (Å²) < 4.78 is 12.9. The van der Waals surface area contributed by atoms with Crippen molar-refractivity contribution in [2.24, 2.45) is 7.05 Å². The molecule has 0 radical (unpaired) electrons. The van der Waals surface area contributed by atoms with Crippen molar-refractivity contribution in [3.63, 3.8) is 0 Å². The fourth-order valence-corrected chi connectivity index (χ4v) is 3.83. The van der Waals surface area contributed by atoms with Gasteiger partial charge in [-0.25, -0.2) is 0 Å². The lowest BCUT2D eigenvalue weighted by Gasteiger charge is -2.31. The molecule has 0 unspecified atom stereocenters. The third-order valence-electron chi connectivity index (χ3n) is 5.27. The van der Waals surface area contributed by atoms with Crippen LogP contribution in [0.25, 0.3) is 0 Å². The van der Waals surface area contributed by atoms with Crippen LogP contribution in [0.2, 0.25) is 0 Å². The monoisotopic (exact) mass is 361 g/mol. The van der Waals surface area contributed by atoms with Gasteiger partial charge < -0.3 is 13.8 Å². The molecule has 4 heterocycles. The van der Waals surface area contributed by atoms with Crippen LogP contribution >= 0.6 is 0 Å². The SMILES string of the molecule is Cc1noc(CN2CCC[C@H](c3nnc(CN4CCOCC4)n3C)C2)n1. The molecule has 0 amide bonds. The van der Waals surface area contributed by atoms with Crippen molar-refractivity contribution in [3.8, 4) is 0 Å².